The van der Waals surface area contributed by atoms with Gasteiger partial charge in [-0.25, -0.2) is 0 Å². The van der Waals surface area contributed by atoms with Crippen LogP contribution in [0.25, 0.3) is 0 Å². The van der Waals surface area contributed by atoms with Crippen LogP contribution >= 0.6 is 11.3 Å². The zero-order chi connectivity index (χ0) is 19.2. The van der Waals surface area contributed by atoms with Crippen molar-refractivity contribution in [2.45, 2.75) is 45.4 Å². The molecule has 1 aromatic heterocycles. The first-order valence-electron chi connectivity index (χ1n) is 9.38. The molecule has 0 atom stereocenters. The zero-order valence-electron chi connectivity index (χ0n) is 15.4. The summed E-state index contributed by atoms with van der Waals surface area (Å²) in [4.78, 5) is 26.6. The number of hydrogen-bond acceptors (Lipinski definition) is 4. The van der Waals surface area contributed by atoms with Gasteiger partial charge in [-0.05, 0) is 61.9 Å². The smallest absolute Gasteiger partial charge is 0.256 e. The quantitative estimate of drug-likeness (QED) is 0.733. The van der Waals surface area contributed by atoms with Gasteiger partial charge < -0.3 is 10.6 Å². The summed E-state index contributed by atoms with van der Waals surface area (Å²) in [6.45, 7) is 2.73. The molecule has 1 aliphatic rings. The lowest BCUT2D eigenvalue weighted by Gasteiger charge is -2.13. The third-order valence-corrected chi connectivity index (χ3v) is 5.92. The molecule has 2 amide bonds. The number of nitrogens with one attached hydrogen (secondary N) is 2. The molecule has 2 aromatic rings. The fraction of sp³-hybridized carbons (Fsp3) is 0.381. The molecule has 0 saturated carbocycles. The van der Waals surface area contributed by atoms with Crippen molar-refractivity contribution in [2.24, 2.45) is 0 Å². The van der Waals surface area contributed by atoms with E-state index in [4.69, 9.17) is 5.26 Å². The molecule has 0 spiro atoms. The highest BCUT2D eigenvalue weighted by molar-refractivity contribution is 7.17. The summed E-state index contributed by atoms with van der Waals surface area (Å²) in [7, 11) is 0. The Bertz CT molecular complexity index is 878. The van der Waals surface area contributed by atoms with E-state index in [2.05, 4.69) is 17.6 Å². The lowest BCUT2D eigenvalue weighted by molar-refractivity contribution is 0.0953. The first-order valence-corrected chi connectivity index (χ1v) is 10.2. The largest absolute Gasteiger partial charge is 0.352 e. The highest BCUT2D eigenvalue weighted by Crippen LogP contribution is 2.38. The molecular formula is C21H23N3O2S. The van der Waals surface area contributed by atoms with E-state index >= 15 is 0 Å². The number of benzene rings is 1. The van der Waals surface area contributed by atoms with Crippen LogP contribution in [-0.4, -0.2) is 18.4 Å². The molecule has 0 aliphatic heterocycles. The van der Waals surface area contributed by atoms with Crippen LogP contribution in [0.1, 0.15) is 69.3 Å². The van der Waals surface area contributed by atoms with Crippen LogP contribution in [0.5, 0.6) is 0 Å². The first-order chi connectivity index (χ1) is 13.1. The maximum atomic E-state index is 12.8. The Kier molecular flexibility index (Phi) is 6.25. The maximum Gasteiger partial charge on any atom is 0.256 e. The van der Waals surface area contributed by atoms with Gasteiger partial charge in [-0.2, -0.15) is 5.26 Å². The van der Waals surface area contributed by atoms with Gasteiger partial charge >= 0.3 is 0 Å². The molecular weight excluding hydrogens is 358 g/mol. The van der Waals surface area contributed by atoms with Crippen LogP contribution in [0, 0.1) is 11.3 Å². The second-order valence-corrected chi connectivity index (χ2v) is 7.77. The van der Waals surface area contributed by atoms with Crippen LogP contribution in [-0.2, 0) is 12.8 Å². The highest BCUT2D eigenvalue weighted by Gasteiger charge is 2.26. The number of nitrogens with zero attached hydrogens (tertiary/aromatic N) is 1. The number of thiophene rings is 1. The number of fused-ring (bicyclic) bond motifs is 1. The molecule has 1 aliphatic carbocycles. The summed E-state index contributed by atoms with van der Waals surface area (Å²) in [5.74, 6) is -0.362. The fourth-order valence-corrected chi connectivity index (χ4v) is 4.51. The number of hydrogen-bond donors (Lipinski definition) is 2. The van der Waals surface area contributed by atoms with Gasteiger partial charge in [0, 0.05) is 17.0 Å². The van der Waals surface area contributed by atoms with Gasteiger partial charge in [-0.15, -0.1) is 11.3 Å². The lowest BCUT2D eigenvalue weighted by atomic mass is 9.95. The number of nitriles is 1. The van der Waals surface area contributed by atoms with Crippen molar-refractivity contribution in [1.82, 2.24) is 5.32 Å². The van der Waals surface area contributed by atoms with Crippen molar-refractivity contribution >= 4 is 28.2 Å². The number of carbonyl (C=O) groups excluding carboxylic acids is 2. The van der Waals surface area contributed by atoms with Crippen molar-refractivity contribution in [3.8, 4) is 6.07 Å². The molecule has 0 bridgehead atoms. The van der Waals surface area contributed by atoms with E-state index in [-0.39, 0.29) is 11.8 Å². The van der Waals surface area contributed by atoms with Gasteiger partial charge in [-0.3, -0.25) is 9.59 Å². The van der Waals surface area contributed by atoms with Crippen molar-refractivity contribution in [3.63, 3.8) is 0 Å². The minimum absolute atomic E-state index is 0.0991. The molecule has 5 nitrogen and oxygen atoms in total. The molecule has 0 unspecified atom stereocenters. The molecule has 6 heteroatoms. The Morgan fingerprint density at radius 3 is 2.59 bits per heavy atom. The molecule has 140 valence electrons. The Balaban J connectivity index is 1.85. The van der Waals surface area contributed by atoms with E-state index in [1.807, 2.05) is 6.07 Å². The normalized spacial score (nSPS) is 12.7. The summed E-state index contributed by atoms with van der Waals surface area (Å²) in [6, 6.07) is 8.53. The Morgan fingerprint density at radius 1 is 1.15 bits per heavy atom. The Labute approximate surface area is 163 Å². The average Bonchev–Trinajstić information content (AvgIpc) is 3.06. The molecule has 0 fully saturated rings. The van der Waals surface area contributed by atoms with E-state index < -0.39 is 0 Å². The van der Waals surface area contributed by atoms with E-state index in [1.165, 1.54) is 16.2 Å². The fourth-order valence-electron chi connectivity index (χ4n) is 3.23. The third-order valence-electron chi connectivity index (χ3n) is 4.72. The summed E-state index contributed by atoms with van der Waals surface area (Å²) in [6.07, 6.45) is 5.99. The minimum Gasteiger partial charge on any atom is -0.352 e. The Morgan fingerprint density at radius 2 is 1.89 bits per heavy atom. The van der Waals surface area contributed by atoms with Crippen molar-refractivity contribution < 1.29 is 9.59 Å². The number of anilines is 1. The van der Waals surface area contributed by atoms with Gasteiger partial charge in [0.1, 0.15) is 5.00 Å². The first kappa shape index (κ1) is 19.1. The van der Waals surface area contributed by atoms with E-state index in [0.29, 0.717) is 28.2 Å². The van der Waals surface area contributed by atoms with Gasteiger partial charge in [0.05, 0.1) is 17.2 Å². The lowest BCUT2D eigenvalue weighted by Crippen LogP contribution is -2.26. The number of unbranched alkanes of at least 4 members (excludes halogenated alkanes) is 1. The number of amides is 2. The predicted octanol–water partition coefficient (Wildman–Crippen LogP) is 4.28. The summed E-state index contributed by atoms with van der Waals surface area (Å²) in [5, 5.41) is 15.4. The summed E-state index contributed by atoms with van der Waals surface area (Å²) in [5.41, 5.74) is 2.70. The zero-order valence-corrected chi connectivity index (χ0v) is 16.2. The van der Waals surface area contributed by atoms with Gasteiger partial charge in [0.2, 0.25) is 0 Å². The molecule has 2 N–H and O–H groups in total. The number of aryl methyl sites for hydroxylation is 1. The minimum atomic E-state index is -0.263. The molecule has 0 saturated heterocycles. The third kappa shape index (κ3) is 4.37. The van der Waals surface area contributed by atoms with E-state index in [1.54, 1.807) is 24.3 Å². The van der Waals surface area contributed by atoms with Crippen LogP contribution in [0.3, 0.4) is 0 Å². The molecule has 27 heavy (non-hydrogen) atoms. The van der Waals surface area contributed by atoms with Crippen molar-refractivity contribution in [1.29, 1.82) is 5.26 Å². The van der Waals surface area contributed by atoms with E-state index in [0.717, 1.165) is 44.1 Å². The molecule has 0 radical (unpaired) electrons. The van der Waals surface area contributed by atoms with Crippen molar-refractivity contribution in [2.75, 3.05) is 11.9 Å². The SMILES string of the molecule is CCCCNC(=O)c1c(NC(=O)c2ccc(C#N)cc2)sc2c1CCCC2. The standard InChI is InChI=1S/C21H23N3O2S/c1-2-3-12-23-20(26)18-16-6-4-5-7-17(16)27-21(18)24-19(25)15-10-8-14(13-22)9-11-15/h8-11H,2-7,12H2,1H3,(H,23,26)(H,24,25). The molecule has 3 rings (SSSR count). The average molecular weight is 382 g/mol. The highest BCUT2D eigenvalue weighted by atomic mass is 32.1. The van der Waals surface area contributed by atoms with Gasteiger partial charge in [-0.1, -0.05) is 13.3 Å². The number of rotatable bonds is 6. The van der Waals surface area contributed by atoms with Gasteiger partial charge in [0.25, 0.3) is 11.8 Å². The van der Waals surface area contributed by atoms with Crippen LogP contribution < -0.4 is 10.6 Å². The van der Waals surface area contributed by atoms with Crippen molar-refractivity contribution in [3.05, 3.63) is 51.4 Å². The monoisotopic (exact) mass is 381 g/mol. The summed E-state index contributed by atoms with van der Waals surface area (Å²) >= 11 is 1.52. The van der Waals surface area contributed by atoms with Gasteiger partial charge in [0.15, 0.2) is 0 Å². The predicted molar refractivity (Wildman–Crippen MR) is 107 cm³/mol. The second-order valence-electron chi connectivity index (χ2n) is 6.67. The van der Waals surface area contributed by atoms with Crippen LogP contribution in [0.15, 0.2) is 24.3 Å². The van der Waals surface area contributed by atoms with Crippen LogP contribution in [0.2, 0.25) is 0 Å². The maximum absolute atomic E-state index is 12.8. The molecule has 1 heterocycles. The second kappa shape index (κ2) is 8.83. The number of carbonyl (C=O) groups is 2. The summed E-state index contributed by atoms with van der Waals surface area (Å²) < 4.78 is 0. The van der Waals surface area contributed by atoms with E-state index in [9.17, 15) is 9.59 Å². The molecule has 1 aromatic carbocycles. The van der Waals surface area contributed by atoms with Crippen LogP contribution in [0.4, 0.5) is 5.00 Å². The Hall–Kier alpha value is -2.65. The topological polar surface area (TPSA) is 82.0 Å².